The third-order valence-electron chi connectivity index (χ3n) is 1.12. The smallest absolute Gasteiger partial charge is 0.333 e. The van der Waals surface area contributed by atoms with Crippen LogP contribution in [-0.4, -0.2) is 22.3 Å². The zero-order valence-electron chi connectivity index (χ0n) is 5.24. The Hall–Kier alpha value is -0.830. The molecule has 2 N–H and O–H groups in total. The lowest BCUT2D eigenvalue weighted by Gasteiger charge is -2.08. The van der Waals surface area contributed by atoms with E-state index in [0.29, 0.717) is 0 Å². The van der Waals surface area contributed by atoms with Gasteiger partial charge in [-0.05, 0) is 0 Å². The van der Waals surface area contributed by atoms with Gasteiger partial charge in [0.2, 0.25) is 0 Å². The van der Waals surface area contributed by atoms with Crippen molar-refractivity contribution in [3.8, 4) is 0 Å². The topological polar surface area (TPSA) is 57.5 Å². The van der Waals surface area contributed by atoms with E-state index in [2.05, 4.69) is 6.58 Å². The van der Waals surface area contributed by atoms with Crippen molar-refractivity contribution in [1.29, 1.82) is 0 Å². The molecule has 0 aromatic heterocycles. The summed E-state index contributed by atoms with van der Waals surface area (Å²) in [6.45, 7) is 4.93. The van der Waals surface area contributed by atoms with Gasteiger partial charge in [0.1, 0.15) is 0 Å². The number of hydrogen-bond acceptors (Lipinski definition) is 2. The maximum absolute atomic E-state index is 10.0. The van der Waals surface area contributed by atoms with Crippen LogP contribution < -0.4 is 0 Å². The second-order valence-corrected chi connectivity index (χ2v) is 1.88. The molecule has 52 valence electrons. The van der Waals surface area contributed by atoms with Gasteiger partial charge in [-0.25, -0.2) is 4.79 Å². The largest absolute Gasteiger partial charge is 0.479 e. The molecular weight excluding hydrogens is 120 g/mol. The minimum Gasteiger partial charge on any atom is -0.479 e. The SMILES string of the molecule is C=C[C@H](C)[C@@H](O)C(=O)O. The Kier molecular flexibility index (Phi) is 2.95. The number of hydrogen-bond donors (Lipinski definition) is 2. The highest BCUT2D eigenvalue weighted by Crippen LogP contribution is 2.02. The second-order valence-electron chi connectivity index (χ2n) is 1.88. The fourth-order valence-corrected chi connectivity index (χ4v) is 0.354. The molecule has 0 unspecified atom stereocenters. The number of rotatable bonds is 3. The lowest BCUT2D eigenvalue weighted by atomic mass is 10.1. The number of aliphatic carboxylic acids is 1. The minimum absolute atomic E-state index is 0.387. The molecule has 0 saturated carbocycles. The number of aliphatic hydroxyl groups excluding tert-OH is 1. The van der Waals surface area contributed by atoms with Gasteiger partial charge in [-0.15, -0.1) is 6.58 Å². The summed E-state index contributed by atoms with van der Waals surface area (Å²) in [5, 5.41) is 16.9. The average Bonchev–Trinajstić information content (AvgIpc) is 1.84. The van der Waals surface area contributed by atoms with Crippen LogP contribution in [0.2, 0.25) is 0 Å². The highest BCUT2D eigenvalue weighted by molar-refractivity contribution is 5.72. The van der Waals surface area contributed by atoms with Crippen LogP contribution in [0.4, 0.5) is 0 Å². The van der Waals surface area contributed by atoms with Crippen LogP contribution in [0, 0.1) is 5.92 Å². The molecular formula is C6H10O3. The Morgan fingerprint density at radius 3 is 2.33 bits per heavy atom. The number of carbonyl (C=O) groups is 1. The van der Waals surface area contributed by atoms with Gasteiger partial charge in [-0.1, -0.05) is 13.0 Å². The molecule has 0 rings (SSSR count). The second kappa shape index (κ2) is 3.25. The van der Waals surface area contributed by atoms with Crippen LogP contribution in [0.5, 0.6) is 0 Å². The summed E-state index contributed by atoms with van der Waals surface area (Å²) in [4.78, 5) is 10.0. The summed E-state index contributed by atoms with van der Waals surface area (Å²) in [6.07, 6.45) is 0.0844. The van der Waals surface area contributed by atoms with Crippen LogP contribution in [0.15, 0.2) is 12.7 Å². The zero-order chi connectivity index (χ0) is 7.44. The first-order valence-electron chi connectivity index (χ1n) is 2.63. The van der Waals surface area contributed by atoms with Crippen molar-refractivity contribution in [2.24, 2.45) is 5.92 Å². The van der Waals surface area contributed by atoms with E-state index < -0.39 is 12.1 Å². The minimum atomic E-state index is -1.32. The van der Waals surface area contributed by atoms with Gasteiger partial charge >= 0.3 is 5.97 Å². The maximum atomic E-state index is 10.0. The van der Waals surface area contributed by atoms with Crippen molar-refractivity contribution in [1.82, 2.24) is 0 Å². The monoisotopic (exact) mass is 130 g/mol. The molecule has 0 aliphatic heterocycles. The van der Waals surface area contributed by atoms with Gasteiger partial charge in [0, 0.05) is 5.92 Å². The molecule has 0 radical (unpaired) electrons. The molecule has 0 aromatic carbocycles. The molecule has 3 heteroatoms. The molecule has 0 saturated heterocycles. The number of carboxylic acids is 1. The quantitative estimate of drug-likeness (QED) is 0.538. The van der Waals surface area contributed by atoms with E-state index in [1.807, 2.05) is 0 Å². The molecule has 0 amide bonds. The van der Waals surface area contributed by atoms with E-state index in [1.54, 1.807) is 6.92 Å². The van der Waals surface area contributed by atoms with Crippen LogP contribution >= 0.6 is 0 Å². The summed E-state index contributed by atoms with van der Waals surface area (Å²) in [6, 6.07) is 0. The molecule has 9 heavy (non-hydrogen) atoms. The van der Waals surface area contributed by atoms with Crippen LogP contribution in [-0.2, 0) is 4.79 Å². The molecule has 0 heterocycles. The Balaban J connectivity index is 3.86. The van der Waals surface area contributed by atoms with Gasteiger partial charge in [0.05, 0.1) is 0 Å². The predicted molar refractivity (Wildman–Crippen MR) is 33.0 cm³/mol. The van der Waals surface area contributed by atoms with E-state index >= 15 is 0 Å². The third kappa shape index (κ3) is 2.28. The molecule has 0 fully saturated rings. The van der Waals surface area contributed by atoms with Crippen molar-refractivity contribution >= 4 is 5.97 Å². The Morgan fingerprint density at radius 2 is 2.22 bits per heavy atom. The molecule has 0 aliphatic rings. The van der Waals surface area contributed by atoms with Gasteiger partial charge in [0.15, 0.2) is 6.10 Å². The van der Waals surface area contributed by atoms with Crippen molar-refractivity contribution in [3.63, 3.8) is 0 Å². The molecule has 3 nitrogen and oxygen atoms in total. The lowest BCUT2D eigenvalue weighted by Crippen LogP contribution is -2.25. The number of carboxylic acid groups (broad SMARTS) is 1. The van der Waals surface area contributed by atoms with Crippen molar-refractivity contribution in [2.45, 2.75) is 13.0 Å². The van der Waals surface area contributed by atoms with E-state index in [0.717, 1.165) is 0 Å². The van der Waals surface area contributed by atoms with Crippen molar-refractivity contribution in [3.05, 3.63) is 12.7 Å². The Labute approximate surface area is 53.6 Å². The summed E-state index contributed by atoms with van der Waals surface area (Å²) in [5.41, 5.74) is 0. The van der Waals surface area contributed by atoms with Crippen LogP contribution in [0.1, 0.15) is 6.92 Å². The third-order valence-corrected chi connectivity index (χ3v) is 1.12. The fraction of sp³-hybridized carbons (Fsp3) is 0.500. The van der Waals surface area contributed by atoms with Gasteiger partial charge in [-0.2, -0.15) is 0 Å². The molecule has 0 spiro atoms. The molecule has 0 aliphatic carbocycles. The van der Waals surface area contributed by atoms with E-state index in [9.17, 15) is 4.79 Å². The van der Waals surface area contributed by atoms with E-state index in [4.69, 9.17) is 10.2 Å². The normalized spacial score (nSPS) is 16.2. The van der Waals surface area contributed by atoms with Crippen LogP contribution in [0.25, 0.3) is 0 Å². The molecule has 2 atom stereocenters. The first-order valence-corrected chi connectivity index (χ1v) is 2.63. The Morgan fingerprint density at radius 1 is 1.78 bits per heavy atom. The standard InChI is InChI=1S/C6H10O3/c1-3-4(2)5(7)6(8)9/h3-5,7H,1H2,2H3,(H,8,9)/t4-,5+/m0/s1. The summed E-state index contributed by atoms with van der Waals surface area (Å²) in [7, 11) is 0. The first-order chi connectivity index (χ1) is 4.09. The van der Waals surface area contributed by atoms with Gasteiger partial charge in [-0.3, -0.25) is 0 Å². The molecule has 0 bridgehead atoms. The van der Waals surface area contributed by atoms with Gasteiger partial charge < -0.3 is 10.2 Å². The highest BCUT2D eigenvalue weighted by atomic mass is 16.4. The summed E-state index contributed by atoms with van der Waals surface area (Å²) >= 11 is 0. The fourth-order valence-electron chi connectivity index (χ4n) is 0.354. The number of aliphatic hydroxyl groups is 1. The Bertz CT molecular complexity index is 119. The average molecular weight is 130 g/mol. The van der Waals surface area contributed by atoms with Crippen LogP contribution in [0.3, 0.4) is 0 Å². The first kappa shape index (κ1) is 8.17. The van der Waals surface area contributed by atoms with E-state index in [1.165, 1.54) is 6.08 Å². The highest BCUT2D eigenvalue weighted by Gasteiger charge is 2.17. The van der Waals surface area contributed by atoms with Crippen molar-refractivity contribution in [2.75, 3.05) is 0 Å². The molecule has 0 aromatic rings. The lowest BCUT2D eigenvalue weighted by molar-refractivity contribution is -0.148. The van der Waals surface area contributed by atoms with Gasteiger partial charge in [0.25, 0.3) is 0 Å². The van der Waals surface area contributed by atoms with Crippen molar-refractivity contribution < 1.29 is 15.0 Å². The predicted octanol–water partition coefficient (Wildman–Crippen LogP) is 0.254. The van der Waals surface area contributed by atoms with E-state index in [-0.39, 0.29) is 5.92 Å². The summed E-state index contributed by atoms with van der Waals surface area (Å²) < 4.78 is 0. The zero-order valence-corrected chi connectivity index (χ0v) is 5.24. The maximum Gasteiger partial charge on any atom is 0.333 e. The summed E-state index contributed by atoms with van der Waals surface area (Å²) in [5.74, 6) is -1.59.